The topological polar surface area (TPSA) is 225 Å². The van der Waals surface area contributed by atoms with Crippen LogP contribution in [-0.4, -0.2) is 89.6 Å². The van der Waals surface area contributed by atoms with Crippen LogP contribution in [0.1, 0.15) is 37.8 Å². The van der Waals surface area contributed by atoms with Crippen molar-refractivity contribution in [3.8, 4) is 11.1 Å². The molecule has 0 fully saturated rings. The van der Waals surface area contributed by atoms with Gasteiger partial charge >= 0.3 is 19.9 Å². The van der Waals surface area contributed by atoms with Gasteiger partial charge in [0.1, 0.15) is 24.9 Å². The summed E-state index contributed by atoms with van der Waals surface area (Å²) >= 11 is 0. The van der Waals surface area contributed by atoms with E-state index in [2.05, 4.69) is 20.5 Å². The van der Waals surface area contributed by atoms with Gasteiger partial charge in [0.05, 0.1) is 23.8 Å². The van der Waals surface area contributed by atoms with Gasteiger partial charge in [-0.05, 0) is 49.1 Å². The number of carbonyl (C=O) groups is 3. The Bertz CT molecular complexity index is 1790. The van der Waals surface area contributed by atoms with Gasteiger partial charge in [0, 0.05) is 41.8 Å². The Kier molecular flexibility index (Phi) is 16.6. The largest absolute Gasteiger partial charge is 0.469 e. The Morgan fingerprint density at radius 3 is 2.20 bits per heavy atom. The fourth-order valence-corrected chi connectivity index (χ4v) is 7.89. The molecule has 0 bridgehead atoms. The molecule has 0 saturated heterocycles. The molecule has 1 atom stereocenters. The first-order valence-electron chi connectivity index (χ1n) is 16.3. The van der Waals surface area contributed by atoms with Crippen LogP contribution in [0.15, 0.2) is 71.6 Å². The number of anilines is 1. The molecule has 0 aromatic heterocycles. The predicted molar refractivity (Wildman–Crippen MR) is 200 cm³/mol. The molecule has 0 radical (unpaired) electrons. The first-order chi connectivity index (χ1) is 25.1. The maximum Gasteiger partial charge on any atom is 0.469 e. The molecule has 1 aliphatic rings. The minimum Gasteiger partial charge on any atom is -0.458 e. The monoisotopic (exact) mass is 1310 g/mol. The summed E-state index contributed by atoms with van der Waals surface area (Å²) in [4.78, 5) is 67.6. The van der Waals surface area contributed by atoms with Crippen LogP contribution in [-0.2, 0) is 32.9 Å². The first-order valence-corrected chi connectivity index (χ1v) is 20.2. The summed E-state index contributed by atoms with van der Waals surface area (Å²) in [5, 5.41) is 19.6. The molecular weight excluding hydrogens is 1270 g/mol. The van der Waals surface area contributed by atoms with E-state index < -0.39 is 49.0 Å². The van der Waals surface area contributed by atoms with Gasteiger partial charge in [-0.15, -0.1) is 0 Å². The van der Waals surface area contributed by atoms with E-state index in [0.29, 0.717) is 10.6 Å². The number of non-ortho nitro benzene ring substituents is 1. The molecule has 0 heterocycles. The molecule has 21 heteroatoms. The number of nitro groups is 1. The van der Waals surface area contributed by atoms with E-state index in [1.807, 2.05) is 48.5 Å². The fourth-order valence-electron chi connectivity index (χ4n) is 5.22. The summed E-state index contributed by atoms with van der Waals surface area (Å²) in [6.07, 6.45) is -0.854. The van der Waals surface area contributed by atoms with Crippen LogP contribution in [0, 0.1) is 10.1 Å². The van der Waals surface area contributed by atoms with E-state index in [1.165, 1.54) is 29.0 Å². The van der Waals surface area contributed by atoms with Crippen molar-refractivity contribution in [3.05, 3.63) is 88.0 Å². The Labute approximate surface area is 313 Å². The predicted octanol–water partition coefficient (Wildman–Crippen LogP) is 5.24. The number of ether oxygens (including phenoxy) is 3. The summed E-state index contributed by atoms with van der Waals surface area (Å²) < 4.78 is 31.6. The van der Waals surface area contributed by atoms with Gasteiger partial charge in [-0.25, -0.2) is 14.2 Å². The fraction of sp³-hybridized carbons (Fsp3) is 0.382. The second-order valence-electron chi connectivity index (χ2n) is 12.5. The normalized spacial score (nSPS) is 12.5. The molecule has 2 amide bonds. The number of hydrogen-bond acceptors (Lipinski definition) is 13. The molecule has 16 nitrogen and oxygen atoms in total. The van der Waals surface area contributed by atoms with Crippen LogP contribution in [0.4, 0.5) is 16.2 Å². The second-order valence-corrected chi connectivity index (χ2v) is 16.1. The van der Waals surface area contributed by atoms with Crippen molar-refractivity contribution in [2.75, 3.05) is 50.6 Å². The first kappa shape index (κ1) is 45.0. The third kappa shape index (κ3) is 14.0. The van der Waals surface area contributed by atoms with Gasteiger partial charge in [-0.3, -0.25) is 19.4 Å². The number of nitrogens with zero attached hydrogens (tertiary/aromatic N) is 1. The van der Waals surface area contributed by atoms with E-state index in [4.69, 9.17) is 24.0 Å². The van der Waals surface area contributed by atoms with Gasteiger partial charge < -0.3 is 39.9 Å². The van der Waals surface area contributed by atoms with Crippen molar-refractivity contribution in [1.29, 1.82) is 0 Å². The van der Waals surface area contributed by atoms with Crippen molar-refractivity contribution < 1.29 is 52.4 Å². The summed E-state index contributed by atoms with van der Waals surface area (Å²) in [6, 6.07) is 18.7. The third-order valence-corrected chi connectivity index (χ3v) is 10.3. The summed E-state index contributed by atoms with van der Waals surface area (Å²) in [6.45, 7) is 4.52. The number of amides is 2. The number of nitrogens with one attached hydrogen (secondary N) is 3. The van der Waals surface area contributed by atoms with Crippen LogP contribution in [0.25, 0.3) is 11.1 Å². The van der Waals surface area contributed by atoms with Crippen molar-refractivity contribution in [2.45, 2.75) is 43.2 Å². The number of phosphoric ester groups is 1. The van der Waals surface area contributed by atoms with Gasteiger partial charge in [0.25, 0.3) is 5.69 Å². The van der Waals surface area contributed by atoms with Crippen LogP contribution in [0.5, 0.6) is 0 Å². The van der Waals surface area contributed by atoms with E-state index in [-0.39, 0.29) is 50.3 Å². The molecule has 1 aliphatic carbocycles. The summed E-state index contributed by atoms with van der Waals surface area (Å²) in [5.41, 5.74) is 3.70. The minimum absolute atomic E-state index is 0. The van der Waals surface area contributed by atoms with E-state index in [0.717, 1.165) is 33.0 Å². The molecule has 1 unspecified atom stereocenters. The molecule has 3 aromatic carbocycles. The van der Waals surface area contributed by atoms with Crippen molar-refractivity contribution in [3.63, 3.8) is 0 Å². The molecule has 310 valence electrons. The summed E-state index contributed by atoms with van der Waals surface area (Å²) in [5.74, 6) is -1.41. The number of rotatable bonds is 19. The number of esters is 1. The van der Waals surface area contributed by atoms with E-state index in [9.17, 15) is 29.1 Å². The zero-order valence-electron chi connectivity index (χ0n) is 29.7. The number of benzene rings is 3. The number of carbonyl (C=O) groups excluding carboxylic acids is 3. The number of hydrogen-bond donors (Lipinski definition) is 5. The zero-order chi connectivity index (χ0) is 38.6. The number of alkyl carbamates (subject to hydrolysis) is 1. The van der Waals surface area contributed by atoms with E-state index in [1.54, 1.807) is 20.8 Å². The molecule has 0 aliphatic heterocycles. The molecule has 5 N–H and O–H groups in total. The quantitative estimate of drug-likeness (QED) is 0.0259. The van der Waals surface area contributed by atoms with Crippen LogP contribution in [0.3, 0.4) is 0 Å². The molecule has 55 heavy (non-hydrogen) atoms. The standard InChI is InChI=1S/C34H41N4O12PS2.2Fm/c1-34(2,3)50-31(39)20-47-16-14-35-28-18-22(38(42)43)12-13-30(28)53-52-21-29(32(40)36-15-17-49-51(44,45)46)37-33(41)48-19-27-25-10-6-4-8-23(25)24-9-5-7-11-26(24)27;;/h4-13,18,27,29,35H,14-17,19-21H2,1-3H3,(H,36,40)(H,37,41)(H2,44,45,46);;. The Balaban J connectivity index is 0.00000523. The average molecular weight is 1310 g/mol. The van der Waals surface area contributed by atoms with Gasteiger partial charge in [-0.1, -0.05) is 70.1 Å². The van der Waals surface area contributed by atoms with Gasteiger partial charge in [0.2, 0.25) is 5.91 Å². The van der Waals surface area contributed by atoms with Gasteiger partial charge in [0.15, 0.2) is 0 Å². The molecule has 4 rings (SSSR count). The minimum atomic E-state index is -4.75. The maximum absolute atomic E-state index is 13.2. The number of nitro benzene ring substituents is 1. The average Bonchev–Trinajstić information content (AvgIpc) is 3.41. The van der Waals surface area contributed by atoms with E-state index >= 15 is 0 Å². The number of phosphoric acid groups is 1. The number of fused-ring (bicyclic) bond motifs is 3. The summed E-state index contributed by atoms with van der Waals surface area (Å²) in [7, 11) is -2.41. The molecule has 3 aromatic rings. The van der Waals surface area contributed by atoms with Crippen LogP contribution in [0.2, 0.25) is 0 Å². The molecule has 0 spiro atoms. The Hall–Kier alpha value is -6.16. The maximum atomic E-state index is 13.2. The Morgan fingerprint density at radius 1 is 0.964 bits per heavy atom. The SMILES string of the molecule is CC(C)(C)OC(=O)COCCNc1cc([N+](=O)[O-])ccc1SSCC(NC(=O)OCC1c2ccccc2-c2ccccc21)C(=O)NCCOP(=O)(O)O.[Fm].[Fm]. The van der Waals surface area contributed by atoms with Gasteiger partial charge in [-0.2, -0.15) is 0 Å². The van der Waals surface area contributed by atoms with Crippen molar-refractivity contribution >= 4 is 58.8 Å². The smallest absolute Gasteiger partial charge is 0.458 e. The van der Waals surface area contributed by atoms with Crippen molar-refractivity contribution in [1.82, 2.24) is 10.6 Å². The molecule has 0 saturated carbocycles. The van der Waals surface area contributed by atoms with Crippen LogP contribution < -0.4 is 16.0 Å². The zero-order valence-corrected chi connectivity index (χ0v) is 37.1. The van der Waals surface area contributed by atoms with Crippen LogP contribution >= 0.6 is 29.4 Å². The molecular formula is C34H41Fm2N4O12PS2. The van der Waals surface area contributed by atoms with Crippen molar-refractivity contribution in [2.24, 2.45) is 0 Å². The third-order valence-electron chi connectivity index (χ3n) is 7.37. The second kappa shape index (κ2) is 20.3. The Morgan fingerprint density at radius 2 is 1.60 bits per heavy atom.